The molecule has 0 radical (unpaired) electrons. The first kappa shape index (κ1) is 10.8. The number of rotatable bonds is 4. The lowest BCUT2D eigenvalue weighted by Crippen LogP contribution is -2.19. The summed E-state index contributed by atoms with van der Waals surface area (Å²) in [5.41, 5.74) is 0. The van der Waals surface area contributed by atoms with Gasteiger partial charge in [0.25, 0.3) is 5.78 Å². The summed E-state index contributed by atoms with van der Waals surface area (Å²) in [6.45, 7) is 1.79. The first-order valence-corrected chi connectivity index (χ1v) is 4.76. The molecule has 1 saturated carbocycles. The first-order chi connectivity index (χ1) is 6.65. The van der Waals surface area contributed by atoms with Gasteiger partial charge in [-0.05, 0) is 19.8 Å². The van der Waals surface area contributed by atoms with E-state index in [2.05, 4.69) is 4.74 Å². The summed E-state index contributed by atoms with van der Waals surface area (Å²) in [5, 5.41) is 9.39. The summed E-state index contributed by atoms with van der Waals surface area (Å²) in [4.78, 5) is 22.0. The second kappa shape index (κ2) is 4.79. The molecule has 4 nitrogen and oxygen atoms in total. The summed E-state index contributed by atoms with van der Waals surface area (Å²) in [6, 6.07) is 0. The lowest BCUT2D eigenvalue weighted by Gasteiger charge is -2.24. The molecule has 1 aliphatic rings. The molecule has 14 heavy (non-hydrogen) atoms. The number of hydrogen-bond acceptors (Lipinski definition) is 4. The van der Waals surface area contributed by atoms with E-state index >= 15 is 0 Å². The van der Waals surface area contributed by atoms with Gasteiger partial charge in [0.15, 0.2) is 0 Å². The van der Waals surface area contributed by atoms with Gasteiger partial charge in [0, 0.05) is 12.0 Å². The predicted octanol–water partition coefficient (Wildman–Crippen LogP) is 1.36. The van der Waals surface area contributed by atoms with Crippen LogP contribution in [0.1, 0.15) is 26.2 Å². The van der Waals surface area contributed by atoms with E-state index in [-0.39, 0.29) is 18.3 Å². The molecule has 0 unspecified atom stereocenters. The van der Waals surface area contributed by atoms with Crippen LogP contribution in [0.5, 0.6) is 0 Å². The number of carbonyl (C=O) groups excluding carboxylic acids is 2. The van der Waals surface area contributed by atoms with Crippen LogP contribution >= 0.6 is 0 Å². The fourth-order valence-corrected chi connectivity index (χ4v) is 1.22. The van der Waals surface area contributed by atoms with E-state index in [9.17, 15) is 14.7 Å². The van der Waals surface area contributed by atoms with Crippen LogP contribution in [0.15, 0.2) is 11.8 Å². The molecule has 0 saturated heterocycles. The monoisotopic (exact) mass is 198 g/mol. The van der Waals surface area contributed by atoms with E-state index in [4.69, 9.17) is 0 Å². The number of carbonyl (C=O) groups is 2. The van der Waals surface area contributed by atoms with E-state index in [0.717, 1.165) is 25.3 Å². The summed E-state index contributed by atoms with van der Waals surface area (Å²) in [7, 11) is 0. The lowest BCUT2D eigenvalue weighted by atomic mass is 9.83. The fraction of sp³-hybridized carbons (Fsp3) is 0.600. The molecule has 0 aliphatic heterocycles. The molecular weight excluding hydrogens is 184 g/mol. The molecule has 0 amide bonds. The second-order valence-corrected chi connectivity index (χ2v) is 3.28. The quantitative estimate of drug-likeness (QED) is 0.320. The van der Waals surface area contributed by atoms with Gasteiger partial charge in [-0.3, -0.25) is 4.79 Å². The summed E-state index contributed by atoms with van der Waals surface area (Å²) in [5.74, 6) is -1.61. The van der Waals surface area contributed by atoms with Crippen LogP contribution in [-0.2, 0) is 14.3 Å². The van der Waals surface area contributed by atoms with Crippen molar-refractivity contribution in [2.75, 3.05) is 6.61 Å². The zero-order valence-electron chi connectivity index (χ0n) is 8.16. The van der Waals surface area contributed by atoms with Gasteiger partial charge in [-0.1, -0.05) is 6.42 Å². The lowest BCUT2D eigenvalue weighted by molar-refractivity contribution is -0.151. The van der Waals surface area contributed by atoms with Gasteiger partial charge in [0.1, 0.15) is 0 Å². The van der Waals surface area contributed by atoms with Crippen molar-refractivity contribution in [3.63, 3.8) is 0 Å². The van der Waals surface area contributed by atoms with Gasteiger partial charge >= 0.3 is 5.97 Å². The number of allylic oxidation sites excluding steroid dienone is 1. The van der Waals surface area contributed by atoms with Crippen molar-refractivity contribution in [3.8, 4) is 0 Å². The maximum absolute atomic E-state index is 11.1. The maximum Gasteiger partial charge on any atom is 0.379 e. The predicted molar refractivity (Wildman–Crippen MR) is 49.7 cm³/mol. The molecule has 4 heteroatoms. The Hall–Kier alpha value is -1.32. The maximum atomic E-state index is 11.1. The average Bonchev–Trinajstić information content (AvgIpc) is 2.00. The van der Waals surface area contributed by atoms with Crippen LogP contribution in [0.2, 0.25) is 0 Å². The highest BCUT2D eigenvalue weighted by Crippen LogP contribution is 2.31. The number of ketones is 1. The molecular formula is C10H14O4. The van der Waals surface area contributed by atoms with Crippen molar-refractivity contribution in [1.29, 1.82) is 0 Å². The van der Waals surface area contributed by atoms with Crippen LogP contribution in [0.25, 0.3) is 0 Å². The highest BCUT2D eigenvalue weighted by atomic mass is 16.5. The molecule has 78 valence electrons. The van der Waals surface area contributed by atoms with Gasteiger partial charge in [0.05, 0.1) is 12.4 Å². The molecule has 1 fully saturated rings. The van der Waals surface area contributed by atoms with Crippen molar-refractivity contribution in [1.82, 2.24) is 0 Å². The zero-order valence-corrected chi connectivity index (χ0v) is 8.16. The molecule has 1 N–H and O–H groups in total. The summed E-state index contributed by atoms with van der Waals surface area (Å²) < 4.78 is 4.49. The second-order valence-electron chi connectivity index (χ2n) is 3.28. The molecule has 0 bridgehead atoms. The summed E-state index contributed by atoms with van der Waals surface area (Å²) in [6.07, 6.45) is 3.81. The van der Waals surface area contributed by atoms with Crippen LogP contribution < -0.4 is 0 Å². The third-order valence-electron chi connectivity index (χ3n) is 2.28. The number of aliphatic hydroxyl groups is 1. The largest absolute Gasteiger partial charge is 0.512 e. The van der Waals surface area contributed by atoms with Crippen molar-refractivity contribution < 1.29 is 19.4 Å². The Kier molecular flexibility index (Phi) is 3.68. The van der Waals surface area contributed by atoms with Crippen LogP contribution in [0.3, 0.4) is 0 Å². The van der Waals surface area contributed by atoms with E-state index in [1.807, 2.05) is 0 Å². The van der Waals surface area contributed by atoms with Crippen molar-refractivity contribution >= 4 is 11.8 Å². The van der Waals surface area contributed by atoms with Crippen LogP contribution in [0, 0.1) is 5.92 Å². The van der Waals surface area contributed by atoms with Crippen molar-refractivity contribution in [2.24, 2.45) is 5.92 Å². The topological polar surface area (TPSA) is 63.6 Å². The molecule has 0 aromatic rings. The molecule has 1 aliphatic carbocycles. The van der Waals surface area contributed by atoms with E-state index in [1.54, 1.807) is 6.92 Å². The Labute approximate surface area is 82.6 Å². The van der Waals surface area contributed by atoms with E-state index in [0.29, 0.717) is 0 Å². The third-order valence-corrected chi connectivity index (χ3v) is 2.28. The van der Waals surface area contributed by atoms with E-state index in [1.165, 1.54) is 0 Å². The van der Waals surface area contributed by atoms with Gasteiger partial charge in [-0.2, -0.15) is 0 Å². The minimum atomic E-state index is -0.904. The van der Waals surface area contributed by atoms with Gasteiger partial charge in [0.2, 0.25) is 0 Å². The highest BCUT2D eigenvalue weighted by Gasteiger charge is 2.23. The molecule has 0 heterocycles. The Bertz CT molecular complexity index is 263. The Morgan fingerprint density at radius 2 is 2.14 bits per heavy atom. The number of hydrogen-bond donors (Lipinski definition) is 1. The van der Waals surface area contributed by atoms with Gasteiger partial charge in [-0.15, -0.1) is 0 Å². The minimum absolute atomic E-state index is 0.00861. The minimum Gasteiger partial charge on any atom is -0.512 e. The van der Waals surface area contributed by atoms with Crippen LogP contribution in [-0.4, -0.2) is 23.5 Å². The van der Waals surface area contributed by atoms with Crippen LogP contribution in [0.4, 0.5) is 0 Å². The zero-order chi connectivity index (χ0) is 10.6. The average molecular weight is 198 g/mol. The number of esters is 1. The smallest absolute Gasteiger partial charge is 0.379 e. The Morgan fingerprint density at radius 3 is 2.57 bits per heavy atom. The molecule has 0 aromatic heterocycles. The highest BCUT2D eigenvalue weighted by molar-refractivity contribution is 6.38. The Balaban J connectivity index is 2.48. The number of aliphatic hydroxyl groups excluding tert-OH is 1. The van der Waals surface area contributed by atoms with Crippen molar-refractivity contribution in [2.45, 2.75) is 26.2 Å². The SMILES string of the molecule is CCOC(=O)C(=O)C=C(O)C1CCC1. The molecule has 0 spiro atoms. The number of ether oxygens (including phenoxy) is 1. The standard InChI is InChI=1S/C10H14O4/c1-2-14-10(13)9(12)6-8(11)7-4-3-5-7/h6-7,11H,2-5H2,1H3. The normalized spacial score (nSPS) is 17.4. The van der Waals surface area contributed by atoms with Gasteiger partial charge in [-0.25, -0.2) is 4.79 Å². The molecule has 0 atom stereocenters. The summed E-state index contributed by atoms with van der Waals surface area (Å²) >= 11 is 0. The fourth-order valence-electron chi connectivity index (χ4n) is 1.22. The van der Waals surface area contributed by atoms with E-state index < -0.39 is 11.8 Å². The van der Waals surface area contributed by atoms with Crippen molar-refractivity contribution in [3.05, 3.63) is 11.8 Å². The first-order valence-electron chi connectivity index (χ1n) is 4.76. The molecule has 0 aromatic carbocycles. The third kappa shape index (κ3) is 2.58. The van der Waals surface area contributed by atoms with Gasteiger partial charge < -0.3 is 9.84 Å². The molecule has 1 rings (SSSR count). The Morgan fingerprint density at radius 1 is 1.50 bits per heavy atom.